The lowest BCUT2D eigenvalue weighted by molar-refractivity contribution is 0.0533. The predicted octanol–water partition coefficient (Wildman–Crippen LogP) is 3.49. The highest BCUT2D eigenvalue weighted by Gasteiger charge is 2.30. The number of hydrogen-bond acceptors (Lipinski definition) is 5. The predicted molar refractivity (Wildman–Crippen MR) is 87.4 cm³/mol. The number of carbonyl (C=O) groups excluding carboxylic acids is 1. The number of phenols is 1. The number of allylic oxidation sites excluding steroid dienone is 2. The van der Waals surface area contributed by atoms with E-state index < -0.39 is 5.97 Å². The molecular weight excluding hydrogens is 307 g/mol. The smallest absolute Gasteiger partial charge is 0.342 e. The van der Waals surface area contributed by atoms with Gasteiger partial charge in [0, 0.05) is 26.1 Å². The largest absolute Gasteiger partial charge is 0.507 e. The quantitative estimate of drug-likeness (QED) is 0.210. The van der Waals surface area contributed by atoms with Crippen LogP contribution >= 0.6 is 21.7 Å². The molecule has 1 heterocycles. The van der Waals surface area contributed by atoms with E-state index in [4.69, 9.17) is 8.71 Å². The Morgan fingerprint density at radius 1 is 1.43 bits per heavy atom. The van der Waals surface area contributed by atoms with Crippen LogP contribution in [0.1, 0.15) is 39.5 Å². The van der Waals surface area contributed by atoms with Crippen molar-refractivity contribution < 1.29 is 18.6 Å². The minimum atomic E-state index is -0.427. The zero-order chi connectivity index (χ0) is 15.4. The van der Waals surface area contributed by atoms with Crippen molar-refractivity contribution in [2.24, 2.45) is 0 Å². The molecule has 1 N–H and O–H groups in total. The van der Waals surface area contributed by atoms with Gasteiger partial charge in [-0.1, -0.05) is 19.1 Å². The third kappa shape index (κ3) is 3.25. The Morgan fingerprint density at radius 2 is 2.19 bits per heavy atom. The van der Waals surface area contributed by atoms with E-state index in [1.807, 2.05) is 19.1 Å². The molecule has 1 aliphatic heterocycles. The zero-order valence-electron chi connectivity index (χ0n) is 12.1. The number of fused-ring (bicyclic) bond motifs is 1. The maximum atomic E-state index is 11.8. The Morgan fingerprint density at radius 3 is 2.86 bits per heavy atom. The lowest BCUT2D eigenvalue weighted by Crippen LogP contribution is -2.04. The topological polar surface area (TPSA) is 55.8 Å². The molecule has 0 fully saturated rings. The van der Waals surface area contributed by atoms with Gasteiger partial charge in [0.1, 0.15) is 17.9 Å². The number of thiol groups is 1. The van der Waals surface area contributed by atoms with Crippen LogP contribution in [0.5, 0.6) is 5.75 Å². The first kappa shape index (κ1) is 16.3. The van der Waals surface area contributed by atoms with E-state index in [-0.39, 0.29) is 12.4 Å². The maximum absolute atomic E-state index is 11.8. The van der Waals surface area contributed by atoms with Gasteiger partial charge in [-0.2, -0.15) is 0 Å². The molecule has 0 aromatic heterocycles. The molecule has 1 aromatic carbocycles. The second-order valence-corrected chi connectivity index (χ2v) is 6.26. The number of cyclic esters (lactones) is 1. The van der Waals surface area contributed by atoms with Crippen molar-refractivity contribution in [3.05, 3.63) is 40.0 Å². The summed E-state index contributed by atoms with van der Waals surface area (Å²) in [6.07, 6.45) is 6.17. The van der Waals surface area contributed by atoms with Crippen LogP contribution in [-0.4, -0.2) is 17.2 Å². The average molecular weight is 326 g/mol. The van der Waals surface area contributed by atoms with Crippen LogP contribution in [0.3, 0.4) is 0 Å². The van der Waals surface area contributed by atoms with E-state index in [0.717, 1.165) is 34.8 Å². The fourth-order valence-corrected chi connectivity index (χ4v) is 3.27. The van der Waals surface area contributed by atoms with Crippen molar-refractivity contribution in [2.45, 2.75) is 33.3 Å². The fraction of sp³-hybridized carbons (Fsp3) is 0.400. The van der Waals surface area contributed by atoms with Crippen molar-refractivity contribution in [2.75, 3.05) is 6.16 Å². The molecule has 21 heavy (non-hydrogen) atoms. The average Bonchev–Trinajstić information content (AvgIpc) is 2.86. The van der Waals surface area contributed by atoms with Crippen molar-refractivity contribution in [1.29, 1.82) is 0 Å². The molecule has 0 radical (unpaired) electrons. The van der Waals surface area contributed by atoms with E-state index in [2.05, 4.69) is 19.8 Å². The summed E-state index contributed by atoms with van der Waals surface area (Å²) >= 11 is 3.70. The van der Waals surface area contributed by atoms with Gasteiger partial charge in [0.05, 0.1) is 0 Å². The minimum Gasteiger partial charge on any atom is -0.507 e. The number of aromatic hydroxyl groups is 1. The third-order valence-corrected chi connectivity index (χ3v) is 4.67. The van der Waals surface area contributed by atoms with Gasteiger partial charge in [-0.3, -0.25) is 3.97 Å². The highest BCUT2D eigenvalue weighted by Crippen LogP contribution is 2.38. The van der Waals surface area contributed by atoms with Gasteiger partial charge < -0.3 is 9.84 Å². The Bertz CT molecular complexity index is 584. The first-order chi connectivity index (χ1) is 10.1. The monoisotopic (exact) mass is 326 g/mol. The van der Waals surface area contributed by atoms with Crippen LogP contribution in [0.25, 0.3) is 0 Å². The Kier molecular flexibility index (Phi) is 5.68. The molecule has 1 aliphatic rings. The Hall–Kier alpha value is -1.03. The fourth-order valence-electron chi connectivity index (χ4n) is 2.71. The van der Waals surface area contributed by atoms with Crippen LogP contribution in [0, 0.1) is 6.92 Å². The summed E-state index contributed by atoms with van der Waals surface area (Å²) in [4.78, 5) is 11.8. The first-order valence-corrected chi connectivity index (χ1v) is 8.31. The van der Waals surface area contributed by atoms with Gasteiger partial charge in [0.25, 0.3) is 0 Å². The lowest BCUT2D eigenvalue weighted by Gasteiger charge is -2.15. The number of hydrogen-bond donors (Lipinski definition) is 2. The van der Waals surface area contributed by atoms with Gasteiger partial charge in [0.2, 0.25) is 0 Å². The summed E-state index contributed by atoms with van der Waals surface area (Å²) in [5.41, 5.74) is 4.14. The number of phenolic OH excluding ortho intramolecular Hbond substituents is 1. The lowest BCUT2D eigenvalue weighted by atomic mass is 9.89. The molecule has 1 atom stereocenters. The molecule has 4 nitrogen and oxygen atoms in total. The van der Waals surface area contributed by atoms with Crippen LogP contribution in [-0.2, 0) is 28.2 Å². The molecule has 0 saturated heterocycles. The number of rotatable bonds is 6. The Labute approximate surface area is 132 Å². The molecule has 0 spiro atoms. The van der Waals surface area contributed by atoms with Crippen molar-refractivity contribution >= 4 is 27.7 Å². The third-order valence-electron chi connectivity index (χ3n) is 3.75. The van der Waals surface area contributed by atoms with Gasteiger partial charge >= 0.3 is 5.97 Å². The second kappa shape index (κ2) is 7.30. The summed E-state index contributed by atoms with van der Waals surface area (Å²) in [5.74, 6) is -0.351. The normalized spacial score (nSPS) is 14.3. The minimum absolute atomic E-state index is 0.0764. The molecule has 1 unspecified atom stereocenters. The van der Waals surface area contributed by atoms with Crippen molar-refractivity contribution in [1.82, 2.24) is 0 Å². The van der Waals surface area contributed by atoms with Gasteiger partial charge in [0.15, 0.2) is 0 Å². The molecule has 0 bridgehead atoms. The molecule has 0 aliphatic carbocycles. The summed E-state index contributed by atoms with van der Waals surface area (Å²) in [5, 5.41) is 10.4. The van der Waals surface area contributed by atoms with Gasteiger partial charge in [-0.25, -0.2) is 4.79 Å². The summed E-state index contributed by atoms with van der Waals surface area (Å²) in [6.45, 7) is 4.30. The molecule has 114 valence electrons. The van der Waals surface area contributed by atoms with E-state index in [1.54, 1.807) is 0 Å². The van der Waals surface area contributed by atoms with E-state index in [9.17, 15) is 9.90 Å². The molecule has 0 amide bonds. The highest BCUT2D eigenvalue weighted by atomic mass is 32.1. The highest BCUT2D eigenvalue weighted by molar-refractivity contribution is 7.79. The van der Waals surface area contributed by atoms with E-state index in [1.165, 1.54) is 0 Å². The maximum Gasteiger partial charge on any atom is 0.342 e. The van der Waals surface area contributed by atoms with Crippen molar-refractivity contribution in [3.63, 3.8) is 0 Å². The Balaban J connectivity index is 2.36. The van der Waals surface area contributed by atoms with Crippen molar-refractivity contribution in [3.8, 4) is 5.75 Å². The van der Waals surface area contributed by atoms with E-state index in [0.29, 0.717) is 20.8 Å². The molecular formula is C15H19O4PS. The molecule has 1 aromatic rings. The summed E-state index contributed by atoms with van der Waals surface area (Å²) < 4.78 is 9.77. The second-order valence-electron chi connectivity index (χ2n) is 4.83. The summed E-state index contributed by atoms with van der Waals surface area (Å²) in [7, 11) is 0.317. The summed E-state index contributed by atoms with van der Waals surface area (Å²) in [6, 6.07) is 0. The molecule has 6 heteroatoms. The van der Waals surface area contributed by atoms with Crippen LogP contribution in [0.15, 0.2) is 12.2 Å². The zero-order valence-corrected chi connectivity index (χ0v) is 14.0. The van der Waals surface area contributed by atoms with E-state index >= 15 is 0 Å². The van der Waals surface area contributed by atoms with Gasteiger partial charge in [-0.05, 0) is 43.8 Å². The first-order valence-electron chi connectivity index (χ1n) is 6.83. The molecule has 2 rings (SSSR count). The molecule has 0 saturated carbocycles. The van der Waals surface area contributed by atoms with Crippen LogP contribution in [0.4, 0.5) is 0 Å². The van der Waals surface area contributed by atoms with Crippen LogP contribution in [0.2, 0.25) is 0 Å². The number of esters is 1. The number of carbonyl (C=O) groups is 1. The SMILES string of the molecule is CCc1c(C)c2c(c(O)c1C/C=C/CPOS)C(=O)OC2. The van der Waals surface area contributed by atoms with Gasteiger partial charge in [-0.15, -0.1) is 0 Å². The van der Waals surface area contributed by atoms with Crippen LogP contribution < -0.4 is 0 Å². The standard InChI is InChI=1S/C15H19O4PS/c1-3-10-9(2)12-8-18-15(17)13(12)14(16)11(10)6-4-5-7-20-19-21/h4-5,16,20-21H,3,6-8H2,1-2H3/b5-4+. The number of benzene rings is 1. The number of ether oxygens (including phenoxy) is 1.